The van der Waals surface area contributed by atoms with Crippen LogP contribution in [0.1, 0.15) is 44.1 Å². The lowest BCUT2D eigenvalue weighted by molar-refractivity contribution is -0.385. The monoisotopic (exact) mass is 281 g/mol. The molecular weight excluding hydrogens is 262 g/mol. The number of benzene rings is 1. The highest BCUT2D eigenvalue weighted by Crippen LogP contribution is 2.33. The summed E-state index contributed by atoms with van der Waals surface area (Å²) >= 11 is 6.42. The summed E-state index contributed by atoms with van der Waals surface area (Å²) in [5, 5.41) is 11.1. The van der Waals surface area contributed by atoms with E-state index in [1.54, 1.807) is 12.1 Å². The average molecular weight is 282 g/mol. The summed E-state index contributed by atoms with van der Waals surface area (Å²) in [6, 6.07) is 6.99. The highest BCUT2D eigenvalue weighted by molar-refractivity contribution is 6.20. The molecule has 2 rings (SSSR count). The molecule has 104 valence electrons. The van der Waals surface area contributed by atoms with Crippen LogP contribution in [-0.4, -0.2) is 10.3 Å². The van der Waals surface area contributed by atoms with E-state index in [4.69, 9.17) is 11.6 Å². The molecule has 1 aliphatic rings. The molecule has 0 bridgehead atoms. The van der Waals surface area contributed by atoms with Gasteiger partial charge in [0.15, 0.2) is 0 Å². The molecule has 0 spiro atoms. The molecular formula is C15H20ClNO2. The van der Waals surface area contributed by atoms with Gasteiger partial charge in [0.25, 0.3) is 5.69 Å². The van der Waals surface area contributed by atoms with Gasteiger partial charge in [0.05, 0.1) is 4.92 Å². The lowest BCUT2D eigenvalue weighted by Crippen LogP contribution is -2.11. The molecule has 0 N–H and O–H groups in total. The summed E-state index contributed by atoms with van der Waals surface area (Å²) in [7, 11) is 0. The van der Waals surface area contributed by atoms with Crippen LogP contribution < -0.4 is 0 Å². The highest BCUT2D eigenvalue weighted by atomic mass is 35.5. The van der Waals surface area contributed by atoms with Gasteiger partial charge in [-0.15, -0.1) is 11.6 Å². The molecule has 4 heteroatoms. The van der Waals surface area contributed by atoms with Gasteiger partial charge >= 0.3 is 0 Å². The molecule has 1 unspecified atom stereocenters. The number of aryl methyl sites for hydroxylation is 1. The van der Waals surface area contributed by atoms with E-state index in [0.29, 0.717) is 5.92 Å². The van der Waals surface area contributed by atoms with E-state index in [1.807, 2.05) is 12.1 Å². The minimum atomic E-state index is -0.301. The summed E-state index contributed by atoms with van der Waals surface area (Å²) < 4.78 is 0. The number of nitrogens with zero attached hydrogens (tertiary/aromatic N) is 1. The molecule has 1 aromatic rings. The van der Waals surface area contributed by atoms with Gasteiger partial charge in [0.1, 0.15) is 0 Å². The number of rotatable bonds is 6. The van der Waals surface area contributed by atoms with Crippen LogP contribution >= 0.6 is 11.6 Å². The van der Waals surface area contributed by atoms with Crippen molar-refractivity contribution in [1.29, 1.82) is 0 Å². The van der Waals surface area contributed by atoms with Crippen LogP contribution in [0.4, 0.5) is 5.69 Å². The lowest BCUT2D eigenvalue weighted by atomic mass is 9.97. The molecule has 0 aliphatic heterocycles. The molecule has 1 saturated carbocycles. The van der Waals surface area contributed by atoms with Crippen molar-refractivity contribution in [3.05, 3.63) is 39.9 Å². The molecule has 1 aliphatic carbocycles. The summed E-state index contributed by atoms with van der Waals surface area (Å²) in [4.78, 5) is 10.6. The van der Waals surface area contributed by atoms with Gasteiger partial charge in [0, 0.05) is 17.0 Å². The van der Waals surface area contributed by atoms with Crippen LogP contribution in [0.2, 0.25) is 0 Å². The summed E-state index contributed by atoms with van der Waals surface area (Å²) in [5.41, 5.74) is 1.05. The maximum absolute atomic E-state index is 10.9. The van der Waals surface area contributed by atoms with Crippen molar-refractivity contribution in [1.82, 2.24) is 0 Å². The first kappa shape index (κ1) is 14.3. The first-order valence-corrected chi connectivity index (χ1v) is 7.48. The third-order valence-electron chi connectivity index (χ3n) is 4.03. The summed E-state index contributed by atoms with van der Waals surface area (Å²) in [5.74, 6) is 0.660. The molecule has 0 saturated heterocycles. The standard InChI is InChI=1S/C15H20ClNO2/c16-14(12-6-1-2-7-12)10-5-9-13-8-3-4-11-15(13)17(18)19/h3-4,8,11-12,14H,1-2,5-7,9-10H2. The van der Waals surface area contributed by atoms with Gasteiger partial charge < -0.3 is 0 Å². The van der Waals surface area contributed by atoms with Crippen LogP contribution in [0.3, 0.4) is 0 Å². The van der Waals surface area contributed by atoms with Gasteiger partial charge in [-0.25, -0.2) is 0 Å². The van der Waals surface area contributed by atoms with E-state index in [9.17, 15) is 10.1 Å². The Labute approximate surface area is 119 Å². The second-order valence-corrected chi connectivity index (χ2v) is 5.90. The predicted molar refractivity (Wildman–Crippen MR) is 77.6 cm³/mol. The van der Waals surface area contributed by atoms with Crippen molar-refractivity contribution in [2.75, 3.05) is 0 Å². The minimum absolute atomic E-state index is 0.231. The topological polar surface area (TPSA) is 43.1 Å². The number of para-hydroxylation sites is 1. The largest absolute Gasteiger partial charge is 0.272 e. The molecule has 0 aromatic heterocycles. The molecule has 0 heterocycles. The van der Waals surface area contributed by atoms with E-state index in [2.05, 4.69) is 0 Å². The zero-order valence-electron chi connectivity index (χ0n) is 11.1. The predicted octanol–water partition coefficient (Wildman–Crippen LogP) is 4.72. The van der Waals surface area contributed by atoms with Crippen LogP contribution in [0.15, 0.2) is 24.3 Å². The Kier molecular flexibility index (Phi) is 5.20. The maximum atomic E-state index is 10.9. The Hall–Kier alpha value is -1.09. The highest BCUT2D eigenvalue weighted by Gasteiger charge is 2.23. The van der Waals surface area contributed by atoms with Crippen LogP contribution in [0.25, 0.3) is 0 Å². The van der Waals surface area contributed by atoms with Gasteiger partial charge in [-0.1, -0.05) is 31.0 Å². The van der Waals surface area contributed by atoms with Crippen molar-refractivity contribution in [3.8, 4) is 0 Å². The average Bonchev–Trinajstić information content (AvgIpc) is 2.93. The fourth-order valence-corrected chi connectivity index (χ4v) is 3.35. The second-order valence-electron chi connectivity index (χ2n) is 5.34. The lowest BCUT2D eigenvalue weighted by Gasteiger charge is -2.16. The smallest absolute Gasteiger partial charge is 0.258 e. The zero-order valence-corrected chi connectivity index (χ0v) is 11.8. The Balaban J connectivity index is 1.83. The Morgan fingerprint density at radius 3 is 2.68 bits per heavy atom. The summed E-state index contributed by atoms with van der Waals surface area (Å²) in [6.07, 6.45) is 7.73. The number of alkyl halides is 1. The molecule has 3 nitrogen and oxygen atoms in total. The minimum Gasteiger partial charge on any atom is -0.258 e. The van der Waals surface area contributed by atoms with Gasteiger partial charge in [0.2, 0.25) is 0 Å². The van der Waals surface area contributed by atoms with Gasteiger partial charge in [-0.05, 0) is 38.0 Å². The molecule has 0 amide bonds. The van der Waals surface area contributed by atoms with Crippen LogP contribution in [0.5, 0.6) is 0 Å². The van der Waals surface area contributed by atoms with Crippen molar-refractivity contribution < 1.29 is 4.92 Å². The quantitative estimate of drug-likeness (QED) is 0.430. The molecule has 1 fully saturated rings. The third-order valence-corrected chi connectivity index (χ3v) is 4.60. The maximum Gasteiger partial charge on any atom is 0.272 e. The molecule has 1 aromatic carbocycles. The van der Waals surface area contributed by atoms with E-state index >= 15 is 0 Å². The first-order chi connectivity index (χ1) is 9.18. The molecule has 19 heavy (non-hydrogen) atoms. The van der Waals surface area contributed by atoms with Crippen molar-refractivity contribution >= 4 is 17.3 Å². The number of nitro benzene ring substituents is 1. The van der Waals surface area contributed by atoms with Crippen molar-refractivity contribution in [2.24, 2.45) is 5.92 Å². The normalized spacial score (nSPS) is 17.5. The van der Waals surface area contributed by atoms with Gasteiger partial charge in [-0.2, -0.15) is 0 Å². The van der Waals surface area contributed by atoms with Gasteiger partial charge in [-0.3, -0.25) is 10.1 Å². The zero-order chi connectivity index (χ0) is 13.7. The fourth-order valence-electron chi connectivity index (χ4n) is 2.94. The van der Waals surface area contributed by atoms with Crippen molar-refractivity contribution in [3.63, 3.8) is 0 Å². The van der Waals surface area contributed by atoms with Crippen molar-refractivity contribution in [2.45, 2.75) is 50.3 Å². The van der Waals surface area contributed by atoms with Crippen LogP contribution in [-0.2, 0) is 6.42 Å². The first-order valence-electron chi connectivity index (χ1n) is 7.05. The summed E-state index contributed by atoms with van der Waals surface area (Å²) in [6.45, 7) is 0. The van der Waals surface area contributed by atoms with Crippen LogP contribution in [0, 0.1) is 16.0 Å². The third kappa shape index (κ3) is 3.93. The SMILES string of the molecule is O=[N+]([O-])c1ccccc1CCCC(Cl)C1CCCC1. The molecule has 0 radical (unpaired) electrons. The number of hydrogen-bond acceptors (Lipinski definition) is 2. The van der Waals surface area contributed by atoms with E-state index in [0.717, 1.165) is 24.8 Å². The Morgan fingerprint density at radius 1 is 1.32 bits per heavy atom. The number of nitro groups is 1. The second kappa shape index (κ2) is 6.90. The number of halogens is 1. The Bertz CT molecular complexity index is 430. The molecule has 1 atom stereocenters. The number of hydrogen-bond donors (Lipinski definition) is 0. The Morgan fingerprint density at radius 2 is 2.00 bits per heavy atom. The van der Waals surface area contributed by atoms with E-state index in [-0.39, 0.29) is 16.0 Å². The van der Waals surface area contributed by atoms with E-state index < -0.39 is 0 Å². The van der Waals surface area contributed by atoms with E-state index in [1.165, 1.54) is 25.7 Å². The fraction of sp³-hybridized carbons (Fsp3) is 0.600.